The molecule has 3 aromatic rings. The van der Waals surface area contributed by atoms with Crippen LogP contribution in [0.2, 0.25) is 0 Å². The Kier molecular flexibility index (Phi) is 7.18. The van der Waals surface area contributed by atoms with Crippen LogP contribution in [0.4, 0.5) is 0 Å². The molecule has 0 spiro atoms. The minimum Gasteiger partial charge on any atom is -0.370 e. The quantitative estimate of drug-likeness (QED) is 0.304. The molecule has 0 saturated carbocycles. The average Bonchev–Trinajstić information content (AvgIpc) is 3.24. The van der Waals surface area contributed by atoms with E-state index in [0.29, 0.717) is 12.5 Å². The van der Waals surface area contributed by atoms with Gasteiger partial charge < -0.3 is 16.0 Å². The number of aliphatic imine (C=N–C) groups is 1. The number of nitrogens with one attached hydrogen (secondary N) is 2. The van der Waals surface area contributed by atoms with Crippen LogP contribution in [-0.4, -0.2) is 34.0 Å². The molecule has 0 amide bonds. The molecule has 0 bridgehead atoms. The standard InChI is InChI=1S/C22H28N6/c1-17-6-8-18(9-7-17)21(19-4-2-11-24-14-19)10-13-27-22(23)26-12-3-5-20-15-25-16-28-20/h2,4,6-9,11,14-16,21H,3,5,10,12-13H2,1H3,(H,25,28)(H3,23,26,27). The Bertz CT molecular complexity index is 841. The van der Waals surface area contributed by atoms with Gasteiger partial charge in [0.2, 0.25) is 0 Å². The summed E-state index contributed by atoms with van der Waals surface area (Å²) < 4.78 is 0. The molecule has 1 aromatic carbocycles. The number of H-pyrrole nitrogens is 1. The van der Waals surface area contributed by atoms with Crippen molar-refractivity contribution in [3.63, 3.8) is 0 Å². The number of guanidine groups is 1. The van der Waals surface area contributed by atoms with Crippen molar-refractivity contribution in [1.82, 2.24) is 20.3 Å². The van der Waals surface area contributed by atoms with Gasteiger partial charge in [0.1, 0.15) is 0 Å². The first-order chi connectivity index (χ1) is 13.7. The molecular formula is C22H28N6. The number of nitrogens with zero attached hydrogens (tertiary/aromatic N) is 3. The first kappa shape index (κ1) is 19.6. The molecule has 1 unspecified atom stereocenters. The smallest absolute Gasteiger partial charge is 0.188 e. The summed E-state index contributed by atoms with van der Waals surface area (Å²) in [6.07, 6.45) is 10.1. The maximum absolute atomic E-state index is 6.02. The van der Waals surface area contributed by atoms with Crippen LogP contribution in [0.25, 0.3) is 0 Å². The maximum atomic E-state index is 6.02. The van der Waals surface area contributed by atoms with Gasteiger partial charge in [0.05, 0.1) is 6.33 Å². The van der Waals surface area contributed by atoms with Crippen LogP contribution < -0.4 is 11.1 Å². The van der Waals surface area contributed by atoms with E-state index in [2.05, 4.69) is 62.5 Å². The molecule has 146 valence electrons. The predicted molar refractivity (Wildman–Crippen MR) is 113 cm³/mol. The molecule has 2 heterocycles. The van der Waals surface area contributed by atoms with E-state index in [0.717, 1.165) is 31.5 Å². The van der Waals surface area contributed by atoms with Gasteiger partial charge in [-0.3, -0.25) is 9.98 Å². The Labute approximate surface area is 166 Å². The van der Waals surface area contributed by atoms with Gasteiger partial charge in [-0.1, -0.05) is 35.9 Å². The lowest BCUT2D eigenvalue weighted by Gasteiger charge is -2.18. The van der Waals surface area contributed by atoms with E-state index in [-0.39, 0.29) is 5.92 Å². The number of rotatable bonds is 9. The normalized spacial score (nSPS) is 12.7. The highest BCUT2D eigenvalue weighted by molar-refractivity contribution is 5.77. The summed E-state index contributed by atoms with van der Waals surface area (Å²) in [7, 11) is 0. The van der Waals surface area contributed by atoms with E-state index < -0.39 is 0 Å². The number of aromatic nitrogens is 3. The third kappa shape index (κ3) is 5.94. The SMILES string of the molecule is Cc1ccc(C(CCNC(N)=NCCCc2cnc[nH]2)c2cccnc2)cc1. The molecule has 6 heteroatoms. The predicted octanol–water partition coefficient (Wildman–Crippen LogP) is 3.17. The fourth-order valence-electron chi connectivity index (χ4n) is 3.20. The average molecular weight is 377 g/mol. The number of aromatic amines is 1. The number of imidazole rings is 1. The zero-order valence-corrected chi connectivity index (χ0v) is 16.3. The van der Waals surface area contributed by atoms with Crippen molar-refractivity contribution in [2.45, 2.75) is 32.1 Å². The number of hydrogen-bond acceptors (Lipinski definition) is 3. The largest absolute Gasteiger partial charge is 0.370 e. The molecule has 4 N–H and O–H groups in total. The molecule has 0 fully saturated rings. The van der Waals surface area contributed by atoms with Crippen molar-refractivity contribution in [3.8, 4) is 0 Å². The third-order valence-electron chi connectivity index (χ3n) is 4.75. The van der Waals surface area contributed by atoms with Crippen LogP contribution in [0.1, 0.15) is 41.1 Å². The Morgan fingerprint density at radius 1 is 1.14 bits per heavy atom. The van der Waals surface area contributed by atoms with Gasteiger partial charge in [-0.15, -0.1) is 0 Å². The van der Waals surface area contributed by atoms with E-state index in [1.54, 1.807) is 6.33 Å². The van der Waals surface area contributed by atoms with Crippen LogP contribution in [0, 0.1) is 6.92 Å². The number of pyridine rings is 1. The van der Waals surface area contributed by atoms with Crippen LogP contribution in [-0.2, 0) is 6.42 Å². The minimum atomic E-state index is 0.273. The summed E-state index contributed by atoms with van der Waals surface area (Å²) in [5.41, 5.74) is 10.9. The summed E-state index contributed by atoms with van der Waals surface area (Å²) in [6, 6.07) is 12.8. The van der Waals surface area contributed by atoms with E-state index in [1.165, 1.54) is 16.7 Å². The fourth-order valence-corrected chi connectivity index (χ4v) is 3.20. The highest BCUT2D eigenvalue weighted by Crippen LogP contribution is 2.27. The van der Waals surface area contributed by atoms with Crippen LogP contribution in [0.5, 0.6) is 0 Å². The zero-order valence-electron chi connectivity index (χ0n) is 16.3. The van der Waals surface area contributed by atoms with Crippen LogP contribution in [0.15, 0.2) is 66.3 Å². The Hall–Kier alpha value is -3.15. The van der Waals surface area contributed by atoms with Crippen molar-refractivity contribution < 1.29 is 0 Å². The van der Waals surface area contributed by atoms with Crippen molar-refractivity contribution in [2.24, 2.45) is 10.7 Å². The molecule has 1 atom stereocenters. The molecule has 28 heavy (non-hydrogen) atoms. The van der Waals surface area contributed by atoms with Gasteiger partial charge in [0.25, 0.3) is 0 Å². The van der Waals surface area contributed by atoms with Crippen molar-refractivity contribution in [1.29, 1.82) is 0 Å². The van der Waals surface area contributed by atoms with Gasteiger partial charge in [-0.2, -0.15) is 0 Å². The maximum Gasteiger partial charge on any atom is 0.188 e. The number of nitrogens with two attached hydrogens (primary N) is 1. The minimum absolute atomic E-state index is 0.273. The molecule has 2 aromatic heterocycles. The highest BCUT2D eigenvalue weighted by Gasteiger charge is 2.14. The molecule has 0 saturated heterocycles. The lowest BCUT2D eigenvalue weighted by Crippen LogP contribution is -2.33. The summed E-state index contributed by atoms with van der Waals surface area (Å²) in [4.78, 5) is 15.8. The first-order valence-corrected chi connectivity index (χ1v) is 9.70. The van der Waals surface area contributed by atoms with E-state index >= 15 is 0 Å². The molecule has 0 radical (unpaired) electrons. The third-order valence-corrected chi connectivity index (χ3v) is 4.75. The highest BCUT2D eigenvalue weighted by atomic mass is 15.1. The number of benzene rings is 1. The molecule has 0 aliphatic heterocycles. The van der Waals surface area contributed by atoms with Crippen molar-refractivity contribution in [3.05, 3.63) is 83.7 Å². The molecular weight excluding hydrogens is 348 g/mol. The Morgan fingerprint density at radius 2 is 2.00 bits per heavy atom. The second-order valence-corrected chi connectivity index (χ2v) is 6.91. The monoisotopic (exact) mass is 376 g/mol. The van der Waals surface area contributed by atoms with E-state index in [4.69, 9.17) is 5.73 Å². The Balaban J connectivity index is 1.51. The van der Waals surface area contributed by atoms with Crippen molar-refractivity contribution in [2.75, 3.05) is 13.1 Å². The molecule has 0 aliphatic carbocycles. The number of hydrogen-bond donors (Lipinski definition) is 3. The second-order valence-electron chi connectivity index (χ2n) is 6.91. The lowest BCUT2D eigenvalue weighted by atomic mass is 9.89. The van der Waals surface area contributed by atoms with Crippen molar-refractivity contribution >= 4 is 5.96 Å². The summed E-state index contributed by atoms with van der Waals surface area (Å²) in [6.45, 7) is 3.55. The summed E-state index contributed by atoms with van der Waals surface area (Å²) in [5.74, 6) is 0.772. The zero-order chi connectivity index (χ0) is 19.6. The van der Waals surface area contributed by atoms with E-state index in [1.807, 2.05) is 24.7 Å². The van der Waals surface area contributed by atoms with Gasteiger partial charge in [-0.25, -0.2) is 4.98 Å². The van der Waals surface area contributed by atoms with E-state index in [9.17, 15) is 0 Å². The van der Waals surface area contributed by atoms with Crippen LogP contribution in [0.3, 0.4) is 0 Å². The van der Waals surface area contributed by atoms with Gasteiger partial charge >= 0.3 is 0 Å². The van der Waals surface area contributed by atoms with Gasteiger partial charge in [0.15, 0.2) is 5.96 Å². The summed E-state index contributed by atoms with van der Waals surface area (Å²) in [5, 5.41) is 3.24. The topological polar surface area (TPSA) is 92.0 Å². The molecule has 6 nitrogen and oxygen atoms in total. The van der Waals surface area contributed by atoms with Gasteiger partial charge in [0, 0.05) is 43.3 Å². The summed E-state index contributed by atoms with van der Waals surface area (Å²) >= 11 is 0. The van der Waals surface area contributed by atoms with Crippen LogP contribution >= 0.6 is 0 Å². The Morgan fingerprint density at radius 3 is 2.71 bits per heavy atom. The van der Waals surface area contributed by atoms with Gasteiger partial charge in [-0.05, 0) is 43.4 Å². The molecule has 3 rings (SSSR count). The second kappa shape index (κ2) is 10.3. The molecule has 0 aliphatic rings. The first-order valence-electron chi connectivity index (χ1n) is 9.70. The number of aryl methyl sites for hydroxylation is 2. The lowest BCUT2D eigenvalue weighted by molar-refractivity contribution is 0.684. The fraction of sp³-hybridized carbons (Fsp3) is 0.318.